The minimum atomic E-state index is -3.05. The summed E-state index contributed by atoms with van der Waals surface area (Å²) in [7, 11) is -3.05. The van der Waals surface area contributed by atoms with Gasteiger partial charge in [-0.2, -0.15) is 0 Å². The molecule has 0 aliphatic carbocycles. The van der Waals surface area contributed by atoms with Gasteiger partial charge in [0.25, 0.3) is 0 Å². The number of hydrogen-bond acceptors (Lipinski definition) is 4. The van der Waals surface area contributed by atoms with E-state index in [1.165, 1.54) is 0 Å². The van der Waals surface area contributed by atoms with Crippen LogP contribution in [0.5, 0.6) is 0 Å². The van der Waals surface area contributed by atoms with E-state index in [0.29, 0.717) is 13.0 Å². The van der Waals surface area contributed by atoms with E-state index in [9.17, 15) is 13.2 Å². The van der Waals surface area contributed by atoms with Crippen molar-refractivity contribution in [2.75, 3.05) is 18.1 Å². The Morgan fingerprint density at radius 1 is 1.21 bits per heavy atom. The third-order valence-electron chi connectivity index (χ3n) is 5.41. The summed E-state index contributed by atoms with van der Waals surface area (Å²) in [5.41, 5.74) is 1.62. The number of sulfone groups is 1. The van der Waals surface area contributed by atoms with Crippen molar-refractivity contribution in [3.05, 3.63) is 48.2 Å². The van der Waals surface area contributed by atoms with E-state index in [1.54, 1.807) is 11.2 Å². The number of furan rings is 1. The smallest absolute Gasteiger partial charge is 0.227 e. The van der Waals surface area contributed by atoms with E-state index < -0.39 is 9.84 Å². The Morgan fingerprint density at radius 3 is 2.71 bits per heavy atom. The first-order valence-electron chi connectivity index (χ1n) is 9.72. The SMILES string of the molecule is CC(C)CN(C(=O)Cc1coc2ccc3ccccc3c12)C1CCS(=O)(=O)C1. The lowest BCUT2D eigenvalue weighted by molar-refractivity contribution is -0.132. The fourth-order valence-corrected chi connectivity index (χ4v) is 5.87. The second-order valence-corrected chi connectivity index (χ2v) is 10.3. The zero-order chi connectivity index (χ0) is 19.9. The molecule has 3 aromatic rings. The highest BCUT2D eigenvalue weighted by molar-refractivity contribution is 7.91. The van der Waals surface area contributed by atoms with E-state index in [4.69, 9.17) is 4.42 Å². The van der Waals surface area contributed by atoms with E-state index in [1.807, 2.05) is 50.2 Å². The topological polar surface area (TPSA) is 67.6 Å². The zero-order valence-electron chi connectivity index (χ0n) is 16.2. The molecule has 1 aromatic heterocycles. The van der Waals surface area contributed by atoms with Gasteiger partial charge in [0.1, 0.15) is 5.58 Å². The molecule has 1 saturated heterocycles. The standard InChI is InChI=1S/C22H25NO4S/c1-15(2)12-23(18-9-10-28(25,26)14-18)21(24)11-17-13-27-20-8-7-16-5-3-4-6-19(16)22(17)20/h3-8,13,15,18H,9-12,14H2,1-2H3. The monoisotopic (exact) mass is 399 g/mol. The summed E-state index contributed by atoms with van der Waals surface area (Å²) in [6, 6.07) is 11.8. The lowest BCUT2D eigenvalue weighted by atomic mass is 10.0. The Labute approximate surface area is 165 Å². The van der Waals surface area contributed by atoms with Crippen molar-refractivity contribution in [3.8, 4) is 0 Å². The maximum absolute atomic E-state index is 13.2. The minimum Gasteiger partial charge on any atom is -0.464 e. The van der Waals surface area contributed by atoms with E-state index >= 15 is 0 Å². The second-order valence-electron chi connectivity index (χ2n) is 8.09. The third kappa shape index (κ3) is 3.65. The van der Waals surface area contributed by atoms with Gasteiger partial charge >= 0.3 is 0 Å². The highest BCUT2D eigenvalue weighted by Gasteiger charge is 2.35. The molecule has 1 unspecified atom stereocenters. The van der Waals surface area contributed by atoms with Crippen LogP contribution in [0.4, 0.5) is 0 Å². The normalized spacial score (nSPS) is 18.9. The fraction of sp³-hybridized carbons (Fsp3) is 0.409. The summed E-state index contributed by atoms with van der Waals surface area (Å²) in [5, 5.41) is 3.14. The molecule has 2 aromatic carbocycles. The highest BCUT2D eigenvalue weighted by atomic mass is 32.2. The molecule has 1 aliphatic heterocycles. The van der Waals surface area contributed by atoms with Gasteiger partial charge in [-0.1, -0.05) is 44.2 Å². The molecule has 0 saturated carbocycles. The predicted octanol–water partition coefficient (Wildman–Crippen LogP) is 3.80. The molecule has 1 aliphatic rings. The molecule has 1 fully saturated rings. The summed E-state index contributed by atoms with van der Waals surface area (Å²) >= 11 is 0. The van der Waals surface area contributed by atoms with Crippen LogP contribution in [-0.2, 0) is 21.1 Å². The largest absolute Gasteiger partial charge is 0.464 e. The number of fused-ring (bicyclic) bond motifs is 3. The summed E-state index contributed by atoms with van der Waals surface area (Å²) in [4.78, 5) is 15.0. The van der Waals surface area contributed by atoms with Crippen LogP contribution in [0, 0.1) is 5.92 Å². The quantitative estimate of drug-likeness (QED) is 0.654. The van der Waals surface area contributed by atoms with E-state index in [0.717, 1.165) is 27.3 Å². The fourth-order valence-electron chi connectivity index (χ4n) is 4.14. The molecular weight excluding hydrogens is 374 g/mol. The number of carbonyl (C=O) groups is 1. The first-order valence-corrected chi connectivity index (χ1v) is 11.5. The third-order valence-corrected chi connectivity index (χ3v) is 7.16. The summed E-state index contributed by atoms with van der Waals surface area (Å²) in [5.74, 6) is 0.472. The lowest BCUT2D eigenvalue weighted by Gasteiger charge is -2.30. The van der Waals surface area contributed by atoms with Crippen LogP contribution in [-0.4, -0.2) is 43.3 Å². The Balaban J connectivity index is 1.67. The average molecular weight is 400 g/mol. The van der Waals surface area contributed by atoms with Crippen LogP contribution >= 0.6 is 0 Å². The summed E-state index contributed by atoms with van der Waals surface area (Å²) < 4.78 is 29.6. The van der Waals surface area contributed by atoms with Gasteiger partial charge in [-0.25, -0.2) is 8.42 Å². The first-order chi connectivity index (χ1) is 13.3. The van der Waals surface area contributed by atoms with Crippen molar-refractivity contribution in [3.63, 3.8) is 0 Å². The molecule has 2 heterocycles. The van der Waals surface area contributed by atoms with Gasteiger partial charge in [0.2, 0.25) is 5.91 Å². The molecular formula is C22H25NO4S. The summed E-state index contributed by atoms with van der Waals surface area (Å²) in [6.45, 7) is 4.66. The molecule has 148 valence electrons. The Kier molecular flexibility index (Phi) is 4.91. The van der Waals surface area contributed by atoms with Gasteiger partial charge in [-0.15, -0.1) is 0 Å². The van der Waals surface area contributed by atoms with Gasteiger partial charge in [0.05, 0.1) is 24.2 Å². The van der Waals surface area contributed by atoms with Gasteiger partial charge in [-0.3, -0.25) is 4.79 Å². The molecule has 0 spiro atoms. The number of hydrogen-bond donors (Lipinski definition) is 0. The minimum absolute atomic E-state index is 0.0357. The number of carbonyl (C=O) groups excluding carboxylic acids is 1. The number of nitrogens with zero attached hydrogens (tertiary/aromatic N) is 1. The van der Waals surface area contributed by atoms with E-state index in [-0.39, 0.29) is 35.8 Å². The van der Waals surface area contributed by atoms with Crippen LogP contribution < -0.4 is 0 Å². The van der Waals surface area contributed by atoms with E-state index in [2.05, 4.69) is 0 Å². The molecule has 1 atom stereocenters. The van der Waals surface area contributed by atoms with Gasteiger partial charge in [-0.05, 0) is 29.2 Å². The molecule has 5 nitrogen and oxygen atoms in total. The first kappa shape index (κ1) is 19.0. The second kappa shape index (κ2) is 7.24. The highest BCUT2D eigenvalue weighted by Crippen LogP contribution is 2.31. The summed E-state index contributed by atoms with van der Waals surface area (Å²) in [6.07, 6.45) is 2.40. The lowest BCUT2D eigenvalue weighted by Crippen LogP contribution is -2.44. The Bertz CT molecular complexity index is 1130. The van der Waals surface area contributed by atoms with Crippen LogP contribution in [0.15, 0.2) is 47.1 Å². The van der Waals surface area contributed by atoms with Gasteiger partial charge < -0.3 is 9.32 Å². The zero-order valence-corrected chi connectivity index (χ0v) is 17.0. The van der Waals surface area contributed by atoms with Gasteiger partial charge in [0.15, 0.2) is 9.84 Å². The average Bonchev–Trinajstić information content (AvgIpc) is 3.22. The van der Waals surface area contributed by atoms with Crippen molar-refractivity contribution < 1.29 is 17.6 Å². The van der Waals surface area contributed by atoms with Crippen molar-refractivity contribution in [2.24, 2.45) is 5.92 Å². The molecule has 28 heavy (non-hydrogen) atoms. The maximum atomic E-state index is 13.2. The molecule has 0 radical (unpaired) electrons. The molecule has 6 heteroatoms. The van der Waals surface area contributed by atoms with Crippen molar-refractivity contribution in [1.29, 1.82) is 0 Å². The van der Waals surface area contributed by atoms with Crippen molar-refractivity contribution in [1.82, 2.24) is 4.90 Å². The Morgan fingerprint density at radius 2 is 2.00 bits per heavy atom. The molecule has 0 bridgehead atoms. The van der Waals surface area contributed by atoms with Crippen LogP contribution in [0.25, 0.3) is 21.7 Å². The molecule has 0 N–H and O–H groups in total. The van der Waals surface area contributed by atoms with Crippen molar-refractivity contribution in [2.45, 2.75) is 32.7 Å². The van der Waals surface area contributed by atoms with Gasteiger partial charge in [0, 0.05) is 23.5 Å². The van der Waals surface area contributed by atoms with Crippen LogP contribution in [0.3, 0.4) is 0 Å². The number of amides is 1. The van der Waals surface area contributed by atoms with Crippen molar-refractivity contribution >= 4 is 37.5 Å². The van der Waals surface area contributed by atoms with Crippen LogP contribution in [0.1, 0.15) is 25.8 Å². The number of benzene rings is 2. The molecule has 1 amide bonds. The predicted molar refractivity (Wildman–Crippen MR) is 111 cm³/mol. The Hall–Kier alpha value is -2.34. The molecule has 4 rings (SSSR count). The number of rotatable bonds is 5. The maximum Gasteiger partial charge on any atom is 0.227 e. The van der Waals surface area contributed by atoms with Crippen LogP contribution in [0.2, 0.25) is 0 Å².